The summed E-state index contributed by atoms with van der Waals surface area (Å²) in [5.74, 6) is -0.121. The van der Waals surface area contributed by atoms with Crippen LogP contribution >= 0.6 is 0 Å². The third-order valence-electron chi connectivity index (χ3n) is 6.06. The first-order valence-corrected chi connectivity index (χ1v) is 10.8. The van der Waals surface area contributed by atoms with E-state index in [0.717, 1.165) is 34.4 Å². The average molecular weight is 471 g/mol. The second kappa shape index (κ2) is 9.48. The van der Waals surface area contributed by atoms with Gasteiger partial charge in [-0.15, -0.1) is 0 Å². The van der Waals surface area contributed by atoms with Crippen LogP contribution in [0.2, 0.25) is 0 Å². The maximum Gasteiger partial charge on any atom is 0.416 e. The molecule has 5 nitrogen and oxygen atoms in total. The monoisotopic (exact) mass is 471 g/mol. The molecule has 2 unspecified atom stereocenters. The number of halogens is 3. The van der Waals surface area contributed by atoms with E-state index in [9.17, 15) is 28.2 Å². The van der Waals surface area contributed by atoms with Gasteiger partial charge in [0.25, 0.3) is 0 Å². The molecule has 0 saturated heterocycles. The van der Waals surface area contributed by atoms with Crippen molar-refractivity contribution in [1.29, 1.82) is 0 Å². The number of amides is 1. The molecule has 1 aliphatic rings. The molecule has 3 aromatic rings. The van der Waals surface area contributed by atoms with Crippen molar-refractivity contribution in [2.24, 2.45) is 0 Å². The predicted molar refractivity (Wildman–Crippen MR) is 120 cm³/mol. The fraction of sp³-hybridized carbons (Fsp3) is 0.269. The van der Waals surface area contributed by atoms with Gasteiger partial charge in [-0.3, -0.25) is 0 Å². The molecular weight excluding hydrogens is 447 g/mol. The molecule has 2 atom stereocenters. The second-order valence-electron chi connectivity index (χ2n) is 8.29. The largest absolute Gasteiger partial charge is 0.449 e. The van der Waals surface area contributed by atoms with Crippen LogP contribution < -0.4 is 5.32 Å². The van der Waals surface area contributed by atoms with Crippen LogP contribution in [0.4, 0.5) is 18.0 Å². The number of hydrogen-bond donors (Lipinski definition) is 3. The third kappa shape index (κ3) is 4.78. The van der Waals surface area contributed by atoms with Crippen molar-refractivity contribution in [3.8, 4) is 11.1 Å². The van der Waals surface area contributed by atoms with Gasteiger partial charge in [-0.25, -0.2) is 4.79 Å². The van der Waals surface area contributed by atoms with Crippen LogP contribution in [0.5, 0.6) is 0 Å². The van der Waals surface area contributed by atoms with Crippen LogP contribution in [-0.4, -0.2) is 35.6 Å². The first-order valence-electron chi connectivity index (χ1n) is 10.8. The molecule has 34 heavy (non-hydrogen) atoms. The van der Waals surface area contributed by atoms with Gasteiger partial charge in [0.2, 0.25) is 0 Å². The van der Waals surface area contributed by atoms with Crippen molar-refractivity contribution in [3.05, 3.63) is 94.5 Å². The number of aliphatic hydroxyl groups excluding tert-OH is 2. The predicted octanol–water partition coefficient (Wildman–Crippen LogP) is 4.95. The average Bonchev–Trinajstić information content (AvgIpc) is 3.13. The van der Waals surface area contributed by atoms with Gasteiger partial charge in [0.1, 0.15) is 18.8 Å². The minimum atomic E-state index is -4.50. The summed E-state index contributed by atoms with van der Waals surface area (Å²) in [4.78, 5) is 12.2. The van der Waals surface area contributed by atoms with Crippen molar-refractivity contribution in [2.45, 2.75) is 31.2 Å². The van der Waals surface area contributed by atoms with Crippen LogP contribution in [0.1, 0.15) is 39.8 Å². The van der Waals surface area contributed by atoms with Gasteiger partial charge < -0.3 is 20.3 Å². The van der Waals surface area contributed by atoms with Crippen LogP contribution in [-0.2, 0) is 10.9 Å². The normalized spacial score (nSPS) is 14.8. The summed E-state index contributed by atoms with van der Waals surface area (Å²) in [5.41, 5.74) is 3.55. The van der Waals surface area contributed by atoms with Crippen molar-refractivity contribution in [2.75, 3.05) is 13.2 Å². The Labute approximate surface area is 194 Å². The van der Waals surface area contributed by atoms with Crippen molar-refractivity contribution >= 4 is 6.09 Å². The van der Waals surface area contributed by atoms with E-state index in [4.69, 9.17) is 4.74 Å². The molecule has 0 fully saturated rings. The molecule has 4 rings (SSSR count). The lowest BCUT2D eigenvalue weighted by molar-refractivity contribution is -0.138. The summed E-state index contributed by atoms with van der Waals surface area (Å²) >= 11 is 0. The zero-order chi connectivity index (χ0) is 24.5. The van der Waals surface area contributed by atoms with E-state index < -0.39 is 30.0 Å². The van der Waals surface area contributed by atoms with Crippen LogP contribution in [0.3, 0.4) is 0 Å². The molecule has 3 N–H and O–H groups in total. The molecule has 1 amide bonds. The smallest absolute Gasteiger partial charge is 0.416 e. The molecule has 178 valence electrons. The third-order valence-corrected chi connectivity index (χ3v) is 6.06. The van der Waals surface area contributed by atoms with E-state index in [-0.39, 0.29) is 30.2 Å². The van der Waals surface area contributed by atoms with Crippen LogP contribution in [0, 0.1) is 6.92 Å². The number of nitrogens with one attached hydrogen (secondary N) is 1. The van der Waals surface area contributed by atoms with Gasteiger partial charge in [-0.05, 0) is 46.4 Å². The number of aliphatic hydroxyl groups is 2. The molecule has 3 aromatic carbocycles. The van der Waals surface area contributed by atoms with Crippen molar-refractivity contribution in [3.63, 3.8) is 0 Å². The topological polar surface area (TPSA) is 78.8 Å². The Bertz CT molecular complexity index is 1150. The minimum Gasteiger partial charge on any atom is -0.449 e. The molecule has 0 spiro atoms. The van der Waals surface area contributed by atoms with Gasteiger partial charge in [0, 0.05) is 12.5 Å². The fourth-order valence-corrected chi connectivity index (χ4v) is 4.36. The van der Waals surface area contributed by atoms with E-state index >= 15 is 0 Å². The molecule has 0 radical (unpaired) electrons. The number of ether oxygens (including phenoxy) is 1. The first-order chi connectivity index (χ1) is 16.2. The maximum absolute atomic E-state index is 12.9. The molecule has 1 aliphatic carbocycles. The van der Waals surface area contributed by atoms with Crippen LogP contribution in [0.15, 0.2) is 66.7 Å². The van der Waals surface area contributed by atoms with Gasteiger partial charge >= 0.3 is 12.3 Å². The van der Waals surface area contributed by atoms with Crippen molar-refractivity contribution < 1.29 is 32.9 Å². The highest BCUT2D eigenvalue weighted by Gasteiger charge is 2.33. The number of benzene rings is 3. The Kier molecular flexibility index (Phi) is 6.63. The SMILES string of the molecule is Cc1cc(C(O)C(O)CNC(=O)OCC2c3ccccc3-c3ccccc32)ccc1C(F)(F)F. The van der Waals surface area contributed by atoms with E-state index in [1.807, 2.05) is 48.5 Å². The number of carbonyl (C=O) groups excluding carboxylic acids is 1. The van der Waals surface area contributed by atoms with E-state index in [1.54, 1.807) is 0 Å². The molecule has 0 bridgehead atoms. The lowest BCUT2D eigenvalue weighted by Gasteiger charge is -2.20. The summed E-state index contributed by atoms with van der Waals surface area (Å²) in [7, 11) is 0. The highest BCUT2D eigenvalue weighted by molar-refractivity contribution is 5.79. The lowest BCUT2D eigenvalue weighted by Crippen LogP contribution is -2.36. The van der Waals surface area contributed by atoms with Gasteiger partial charge in [-0.1, -0.05) is 60.7 Å². The molecular formula is C26H24F3NO4. The highest BCUT2D eigenvalue weighted by atomic mass is 19.4. The zero-order valence-electron chi connectivity index (χ0n) is 18.3. The highest BCUT2D eigenvalue weighted by Crippen LogP contribution is 2.44. The number of hydrogen-bond acceptors (Lipinski definition) is 4. The number of alkyl halides is 3. The Morgan fingerprint density at radius 3 is 2.15 bits per heavy atom. The Morgan fingerprint density at radius 1 is 1.00 bits per heavy atom. The van der Waals surface area contributed by atoms with E-state index in [0.29, 0.717) is 0 Å². The molecule has 8 heteroatoms. The van der Waals surface area contributed by atoms with Gasteiger partial charge in [-0.2, -0.15) is 13.2 Å². The Morgan fingerprint density at radius 2 is 1.59 bits per heavy atom. The molecule has 0 heterocycles. The first kappa shape index (κ1) is 23.8. The summed E-state index contributed by atoms with van der Waals surface area (Å²) in [6, 6.07) is 18.9. The standard InChI is InChI=1S/C26H24F3NO4/c1-15-12-16(10-11-22(15)26(27,28)29)24(32)23(31)13-30-25(33)34-14-21-19-8-4-2-6-17(19)18-7-3-5-9-20(18)21/h2-12,21,23-24,31-32H,13-14H2,1H3,(H,30,33). The number of rotatable bonds is 6. The Balaban J connectivity index is 1.34. The summed E-state index contributed by atoms with van der Waals surface area (Å²) in [6.07, 6.45) is -8.18. The van der Waals surface area contributed by atoms with E-state index in [1.165, 1.54) is 13.0 Å². The summed E-state index contributed by atoms with van der Waals surface area (Å²) in [6.45, 7) is 1.04. The fourth-order valence-electron chi connectivity index (χ4n) is 4.36. The number of aryl methyl sites for hydroxylation is 1. The minimum absolute atomic E-state index is 0.0688. The Hall–Kier alpha value is -3.36. The number of carbonyl (C=O) groups is 1. The molecule has 0 saturated carbocycles. The van der Waals surface area contributed by atoms with Crippen LogP contribution in [0.25, 0.3) is 11.1 Å². The summed E-state index contributed by atoms with van der Waals surface area (Å²) < 4.78 is 44.2. The van der Waals surface area contributed by atoms with Gasteiger partial charge in [0.05, 0.1) is 5.56 Å². The second-order valence-corrected chi connectivity index (χ2v) is 8.29. The summed E-state index contributed by atoms with van der Waals surface area (Å²) in [5, 5.41) is 23.0. The molecule has 0 aliphatic heterocycles. The zero-order valence-corrected chi connectivity index (χ0v) is 18.3. The van der Waals surface area contributed by atoms with Crippen molar-refractivity contribution in [1.82, 2.24) is 5.32 Å². The number of alkyl carbamates (subject to hydrolysis) is 1. The molecule has 0 aromatic heterocycles. The van der Waals surface area contributed by atoms with Gasteiger partial charge in [0.15, 0.2) is 0 Å². The maximum atomic E-state index is 12.9. The quantitative estimate of drug-likeness (QED) is 0.476. The van der Waals surface area contributed by atoms with E-state index in [2.05, 4.69) is 5.32 Å². The number of fused-ring (bicyclic) bond motifs is 3. The lowest BCUT2D eigenvalue weighted by atomic mass is 9.98.